The topological polar surface area (TPSA) is 51.6 Å². The van der Waals surface area contributed by atoms with Gasteiger partial charge in [-0.05, 0) is 78.4 Å². The Bertz CT molecular complexity index is 2920. The number of benzene rings is 8. The van der Waals surface area contributed by atoms with Crippen molar-refractivity contribution in [2.45, 2.75) is 0 Å². The third-order valence-corrected chi connectivity index (χ3v) is 16.2. The summed E-state index contributed by atoms with van der Waals surface area (Å²) in [6.45, 7) is 0. The van der Waals surface area contributed by atoms with Crippen LogP contribution in [-0.4, -0.2) is 28.0 Å². The van der Waals surface area contributed by atoms with Crippen LogP contribution >= 0.6 is 0 Å². The van der Waals surface area contributed by atoms with E-state index in [1.165, 1.54) is 20.7 Å². The molecule has 0 saturated carbocycles. The predicted molar refractivity (Wildman–Crippen MR) is 254 cm³/mol. The summed E-state index contributed by atoms with van der Waals surface area (Å²) in [5.41, 5.74) is 9.45. The Morgan fingerprint density at radius 3 is 1.00 bits per heavy atom. The van der Waals surface area contributed by atoms with Gasteiger partial charge < -0.3 is 0 Å². The summed E-state index contributed by atoms with van der Waals surface area (Å²) >= 11 is 0. The van der Waals surface area contributed by atoms with E-state index in [9.17, 15) is 0 Å². The number of aromatic nitrogens is 4. The Hall–Kier alpha value is -7.86. The molecule has 0 saturated heterocycles. The van der Waals surface area contributed by atoms with Crippen LogP contribution in [0.4, 0.5) is 0 Å². The number of rotatable bonds is 10. The molecule has 0 amide bonds. The first-order valence-corrected chi connectivity index (χ1v) is 22.5. The van der Waals surface area contributed by atoms with E-state index in [2.05, 4.69) is 169 Å². The zero-order valence-electron chi connectivity index (χ0n) is 33.4. The van der Waals surface area contributed by atoms with Gasteiger partial charge in [-0.2, -0.15) is 0 Å². The second-order valence-electron chi connectivity index (χ2n) is 15.1. The Morgan fingerprint density at radius 2 is 0.574 bits per heavy atom. The zero-order chi connectivity index (χ0) is 40.9. The zero-order valence-corrected chi connectivity index (χ0v) is 34.4. The molecule has 0 aliphatic rings. The molecule has 2 heterocycles. The van der Waals surface area contributed by atoms with Gasteiger partial charge in [-0.15, -0.1) is 0 Å². The van der Waals surface area contributed by atoms with E-state index in [-0.39, 0.29) is 0 Å². The average molecular weight is 797 g/mol. The van der Waals surface area contributed by atoms with Crippen molar-refractivity contribution in [3.05, 3.63) is 243 Å². The molecule has 0 spiro atoms. The van der Waals surface area contributed by atoms with Crippen molar-refractivity contribution < 1.29 is 0 Å². The molecule has 288 valence electrons. The van der Waals surface area contributed by atoms with Gasteiger partial charge >= 0.3 is 0 Å². The van der Waals surface area contributed by atoms with Crippen molar-refractivity contribution in [1.29, 1.82) is 0 Å². The molecule has 10 aromatic rings. The van der Waals surface area contributed by atoms with E-state index in [0.717, 1.165) is 50.1 Å². The number of nitrogens with zero attached hydrogens (tertiary/aromatic N) is 4. The number of hydrogen-bond acceptors (Lipinski definition) is 4. The lowest BCUT2D eigenvalue weighted by atomic mass is 9.96. The largest absolute Gasteiger partial charge is 0.264 e. The summed E-state index contributed by atoms with van der Waals surface area (Å²) in [5.74, 6) is 1.90. The predicted octanol–water partition coefficient (Wildman–Crippen LogP) is 10.6. The van der Waals surface area contributed by atoms with Crippen molar-refractivity contribution in [1.82, 2.24) is 19.9 Å². The van der Waals surface area contributed by atoms with Crippen LogP contribution in [0.15, 0.2) is 243 Å². The highest BCUT2D eigenvalue weighted by atomic mass is 28.3. The maximum absolute atomic E-state index is 5.12. The Balaban J connectivity index is 1.14. The fourth-order valence-corrected chi connectivity index (χ4v) is 13.1. The summed E-state index contributed by atoms with van der Waals surface area (Å²) in [7, 11) is -2.79. The van der Waals surface area contributed by atoms with Gasteiger partial charge in [0.25, 0.3) is 0 Å². The molecular formula is C56H40N4Si. The van der Waals surface area contributed by atoms with E-state index >= 15 is 0 Å². The minimum atomic E-state index is -2.79. The first-order chi connectivity index (χ1) is 30.2. The van der Waals surface area contributed by atoms with Gasteiger partial charge in [-0.1, -0.05) is 206 Å². The molecule has 4 nitrogen and oxygen atoms in total. The summed E-state index contributed by atoms with van der Waals surface area (Å²) < 4.78 is 0. The van der Waals surface area contributed by atoms with Crippen LogP contribution in [0, 0.1) is 0 Å². The smallest absolute Gasteiger partial charge is 0.179 e. The van der Waals surface area contributed by atoms with Crippen molar-refractivity contribution in [2.75, 3.05) is 0 Å². The van der Waals surface area contributed by atoms with Crippen LogP contribution in [0.5, 0.6) is 0 Å². The maximum Gasteiger partial charge on any atom is 0.179 e. The molecular weight excluding hydrogens is 757 g/mol. The molecule has 0 atom stereocenters. The maximum atomic E-state index is 5.12. The third kappa shape index (κ3) is 7.51. The Kier molecular flexibility index (Phi) is 10.3. The molecule has 0 aliphatic carbocycles. The van der Waals surface area contributed by atoms with Gasteiger partial charge in [0.15, 0.2) is 25.5 Å². The normalized spacial score (nSPS) is 11.3. The fraction of sp³-hybridized carbons (Fsp3) is 0. The molecule has 0 fully saturated rings. The molecule has 8 aromatic carbocycles. The first-order valence-electron chi connectivity index (χ1n) is 20.5. The van der Waals surface area contributed by atoms with E-state index in [4.69, 9.17) is 15.0 Å². The lowest BCUT2D eigenvalue weighted by Gasteiger charge is -2.34. The van der Waals surface area contributed by atoms with Gasteiger partial charge in [0.2, 0.25) is 0 Å². The highest BCUT2D eigenvalue weighted by Crippen LogP contribution is 2.33. The second kappa shape index (κ2) is 16.8. The van der Waals surface area contributed by atoms with E-state index < -0.39 is 8.07 Å². The average Bonchev–Trinajstić information content (AvgIpc) is 3.36. The van der Waals surface area contributed by atoms with Crippen LogP contribution < -0.4 is 20.7 Å². The lowest BCUT2D eigenvalue weighted by molar-refractivity contribution is 1.07. The summed E-state index contributed by atoms with van der Waals surface area (Å²) in [5, 5.41) is 5.28. The van der Waals surface area contributed by atoms with Gasteiger partial charge in [0.05, 0.1) is 0 Å². The number of hydrogen-bond donors (Lipinski definition) is 0. The molecule has 0 radical (unpaired) electrons. The van der Waals surface area contributed by atoms with Crippen molar-refractivity contribution in [3.8, 4) is 67.5 Å². The van der Waals surface area contributed by atoms with Crippen LogP contribution in [0.3, 0.4) is 0 Å². The Labute approximate surface area is 357 Å². The van der Waals surface area contributed by atoms with Crippen LogP contribution in [-0.2, 0) is 0 Å². The SMILES string of the molecule is c1ccc(-c2cc(-c3ccc([Si](c4ccccc4)(c4ccccc4)c4ccc(-c5cccnc5)cc4)cc3)cc(-c3nc(-c4ccccc4)nc(-c4ccccc4)n3)c2)cc1. The molecule has 0 unspecified atom stereocenters. The molecule has 0 bridgehead atoms. The molecule has 2 aromatic heterocycles. The molecule has 5 heteroatoms. The highest BCUT2D eigenvalue weighted by molar-refractivity contribution is 7.19. The van der Waals surface area contributed by atoms with Crippen molar-refractivity contribution >= 4 is 28.8 Å². The highest BCUT2D eigenvalue weighted by Gasteiger charge is 2.41. The minimum absolute atomic E-state index is 0.623. The van der Waals surface area contributed by atoms with Gasteiger partial charge in [0, 0.05) is 29.1 Å². The molecule has 0 aliphatic heterocycles. The van der Waals surface area contributed by atoms with E-state index in [1.54, 1.807) is 0 Å². The van der Waals surface area contributed by atoms with E-state index in [0.29, 0.717) is 17.5 Å². The first kappa shape index (κ1) is 37.4. The minimum Gasteiger partial charge on any atom is -0.264 e. The van der Waals surface area contributed by atoms with Crippen molar-refractivity contribution in [3.63, 3.8) is 0 Å². The number of pyridine rings is 1. The summed E-state index contributed by atoms with van der Waals surface area (Å²) in [4.78, 5) is 19.6. The molecule has 0 N–H and O–H groups in total. The second-order valence-corrected chi connectivity index (χ2v) is 18.9. The lowest BCUT2D eigenvalue weighted by Crippen LogP contribution is -2.74. The Morgan fingerprint density at radius 1 is 0.246 bits per heavy atom. The fourth-order valence-electron chi connectivity index (χ4n) is 8.39. The van der Waals surface area contributed by atoms with Gasteiger partial charge in [-0.25, -0.2) is 15.0 Å². The quantitative estimate of drug-likeness (QED) is 0.102. The van der Waals surface area contributed by atoms with E-state index in [1.807, 2.05) is 79.1 Å². The van der Waals surface area contributed by atoms with Crippen LogP contribution in [0.1, 0.15) is 0 Å². The standard InChI is InChI=1S/C56H40N4Si/c1-6-17-41(18-7-1)47-37-48(39-49(38-47)56-59-54(44-19-8-2-9-20-44)58-55(60-56)45-21-10-3-11-22-45)43-30-34-53(35-31-43)61(50-24-12-4-13-25-50,51-26-14-5-15-27-51)52-32-28-42(29-33-52)46-23-16-36-57-40-46/h1-40H. The van der Waals surface area contributed by atoms with Gasteiger partial charge in [0.1, 0.15) is 0 Å². The molecule has 61 heavy (non-hydrogen) atoms. The molecule has 10 rings (SSSR count). The van der Waals surface area contributed by atoms with Crippen LogP contribution in [0.2, 0.25) is 0 Å². The summed E-state index contributed by atoms with van der Waals surface area (Å²) in [6.07, 6.45) is 3.75. The monoisotopic (exact) mass is 796 g/mol. The van der Waals surface area contributed by atoms with Gasteiger partial charge in [-0.3, -0.25) is 4.98 Å². The van der Waals surface area contributed by atoms with Crippen LogP contribution in [0.25, 0.3) is 67.5 Å². The summed E-state index contributed by atoms with van der Waals surface area (Å²) in [6, 6.07) is 82.2. The van der Waals surface area contributed by atoms with Crippen molar-refractivity contribution in [2.24, 2.45) is 0 Å². The third-order valence-electron chi connectivity index (χ3n) is 11.4.